The number of anilines is 1. The molecule has 1 amide bonds. The number of halogens is 2. The molecule has 1 heterocycles. The predicted octanol–water partition coefficient (Wildman–Crippen LogP) is 3.74. The number of carbonyl (C=O) groups excluding carboxylic acids is 1. The summed E-state index contributed by atoms with van der Waals surface area (Å²) in [6.07, 6.45) is 0. The fourth-order valence-electron chi connectivity index (χ4n) is 1.68. The molecule has 0 aliphatic heterocycles. The third-order valence-electron chi connectivity index (χ3n) is 2.56. The number of amides is 1. The average molecular weight is 279 g/mol. The number of aryl methyl sites for hydroxylation is 2. The first-order valence-electron chi connectivity index (χ1n) is 5.67. The number of aromatic nitrogens is 1. The Morgan fingerprint density at radius 3 is 2.63 bits per heavy atom. The van der Waals surface area contributed by atoms with E-state index >= 15 is 0 Å². The Balaban J connectivity index is 2.25. The monoisotopic (exact) mass is 278 g/mol. The molecule has 0 aliphatic carbocycles. The van der Waals surface area contributed by atoms with Crippen molar-refractivity contribution < 1.29 is 9.18 Å². The van der Waals surface area contributed by atoms with Gasteiger partial charge < -0.3 is 5.32 Å². The Kier molecular flexibility index (Phi) is 3.81. The van der Waals surface area contributed by atoms with Crippen LogP contribution in [0.15, 0.2) is 30.3 Å². The average Bonchev–Trinajstić information content (AvgIpc) is 2.31. The van der Waals surface area contributed by atoms with E-state index in [4.69, 9.17) is 11.6 Å². The second kappa shape index (κ2) is 5.36. The SMILES string of the molecule is Cc1ccc(NC(=O)c2cc(C)nc(Cl)c2)c(F)c1. The summed E-state index contributed by atoms with van der Waals surface area (Å²) < 4.78 is 13.6. The van der Waals surface area contributed by atoms with Crippen LogP contribution in [0.25, 0.3) is 0 Å². The highest BCUT2D eigenvalue weighted by Crippen LogP contribution is 2.17. The smallest absolute Gasteiger partial charge is 0.255 e. The first kappa shape index (κ1) is 13.5. The summed E-state index contributed by atoms with van der Waals surface area (Å²) in [6, 6.07) is 7.64. The van der Waals surface area contributed by atoms with Crippen LogP contribution < -0.4 is 5.32 Å². The molecule has 0 fully saturated rings. The molecule has 0 spiro atoms. The number of hydrogen-bond acceptors (Lipinski definition) is 2. The van der Waals surface area contributed by atoms with Gasteiger partial charge in [0.25, 0.3) is 5.91 Å². The van der Waals surface area contributed by atoms with Gasteiger partial charge in [0.2, 0.25) is 0 Å². The predicted molar refractivity (Wildman–Crippen MR) is 73.1 cm³/mol. The molecule has 1 N–H and O–H groups in total. The van der Waals surface area contributed by atoms with Crippen LogP contribution in [0.5, 0.6) is 0 Å². The minimum Gasteiger partial charge on any atom is -0.319 e. The Hall–Kier alpha value is -1.94. The van der Waals surface area contributed by atoms with Crippen molar-refractivity contribution in [1.29, 1.82) is 0 Å². The zero-order valence-corrected chi connectivity index (χ0v) is 11.3. The van der Waals surface area contributed by atoms with Crippen molar-refractivity contribution in [2.75, 3.05) is 5.32 Å². The lowest BCUT2D eigenvalue weighted by atomic mass is 10.2. The molecule has 2 rings (SSSR count). The van der Waals surface area contributed by atoms with E-state index in [1.165, 1.54) is 18.2 Å². The molecule has 98 valence electrons. The van der Waals surface area contributed by atoms with Gasteiger partial charge in [-0.05, 0) is 43.7 Å². The fourth-order valence-corrected chi connectivity index (χ4v) is 1.93. The highest BCUT2D eigenvalue weighted by Gasteiger charge is 2.11. The van der Waals surface area contributed by atoms with Gasteiger partial charge in [-0.3, -0.25) is 4.79 Å². The summed E-state index contributed by atoms with van der Waals surface area (Å²) in [6.45, 7) is 3.51. The molecule has 0 bridgehead atoms. The van der Waals surface area contributed by atoms with Crippen LogP contribution in [-0.2, 0) is 0 Å². The molecule has 3 nitrogen and oxygen atoms in total. The number of nitrogens with zero attached hydrogens (tertiary/aromatic N) is 1. The van der Waals surface area contributed by atoms with Crippen LogP contribution in [0, 0.1) is 19.7 Å². The Morgan fingerprint density at radius 2 is 2.00 bits per heavy atom. The quantitative estimate of drug-likeness (QED) is 0.850. The van der Waals surface area contributed by atoms with E-state index in [1.54, 1.807) is 26.0 Å². The fraction of sp³-hybridized carbons (Fsp3) is 0.143. The molecule has 5 heteroatoms. The lowest BCUT2D eigenvalue weighted by Crippen LogP contribution is -2.13. The molecule has 1 aromatic carbocycles. The molecule has 0 saturated carbocycles. The van der Waals surface area contributed by atoms with Gasteiger partial charge in [-0.1, -0.05) is 17.7 Å². The number of benzene rings is 1. The maximum Gasteiger partial charge on any atom is 0.255 e. The second-order valence-electron chi connectivity index (χ2n) is 4.26. The van der Waals surface area contributed by atoms with Gasteiger partial charge in [0, 0.05) is 11.3 Å². The molecule has 1 aromatic heterocycles. The minimum absolute atomic E-state index is 0.140. The standard InChI is InChI=1S/C14H12ClFN2O/c1-8-3-4-12(11(16)5-8)18-14(19)10-6-9(2)17-13(15)7-10/h3-7H,1-2H3,(H,18,19). The van der Waals surface area contributed by atoms with E-state index in [2.05, 4.69) is 10.3 Å². The minimum atomic E-state index is -0.467. The number of pyridine rings is 1. The summed E-state index contributed by atoms with van der Waals surface area (Å²) in [4.78, 5) is 16.0. The van der Waals surface area contributed by atoms with E-state index in [0.717, 1.165) is 5.56 Å². The topological polar surface area (TPSA) is 42.0 Å². The molecule has 0 unspecified atom stereocenters. The van der Waals surface area contributed by atoms with Gasteiger partial charge in [0.1, 0.15) is 11.0 Å². The van der Waals surface area contributed by atoms with Gasteiger partial charge in [0.05, 0.1) is 5.69 Å². The number of nitrogens with one attached hydrogen (secondary N) is 1. The molecular formula is C14H12ClFN2O. The van der Waals surface area contributed by atoms with Crippen molar-refractivity contribution in [1.82, 2.24) is 4.98 Å². The number of hydrogen-bond donors (Lipinski definition) is 1. The van der Waals surface area contributed by atoms with E-state index in [0.29, 0.717) is 11.3 Å². The number of carbonyl (C=O) groups is 1. The lowest BCUT2D eigenvalue weighted by molar-refractivity contribution is 0.102. The summed E-state index contributed by atoms with van der Waals surface area (Å²) >= 11 is 5.78. The van der Waals surface area contributed by atoms with Crippen LogP contribution in [-0.4, -0.2) is 10.9 Å². The van der Waals surface area contributed by atoms with Gasteiger partial charge in [0.15, 0.2) is 0 Å². The van der Waals surface area contributed by atoms with Crippen molar-refractivity contribution in [2.45, 2.75) is 13.8 Å². The van der Waals surface area contributed by atoms with E-state index in [1.807, 2.05) is 0 Å². The maximum absolute atomic E-state index is 13.6. The summed E-state index contributed by atoms with van der Waals surface area (Å²) in [5, 5.41) is 2.74. The van der Waals surface area contributed by atoms with E-state index < -0.39 is 11.7 Å². The maximum atomic E-state index is 13.6. The number of rotatable bonds is 2. The van der Waals surface area contributed by atoms with Crippen LogP contribution in [0.4, 0.5) is 10.1 Å². The Labute approximate surface area is 115 Å². The molecule has 2 aromatic rings. The summed E-state index contributed by atoms with van der Waals surface area (Å²) in [7, 11) is 0. The van der Waals surface area contributed by atoms with Gasteiger partial charge in [-0.2, -0.15) is 0 Å². The zero-order valence-electron chi connectivity index (χ0n) is 10.5. The van der Waals surface area contributed by atoms with Crippen molar-refractivity contribution >= 4 is 23.2 Å². The van der Waals surface area contributed by atoms with E-state index in [9.17, 15) is 9.18 Å². The van der Waals surface area contributed by atoms with Crippen molar-refractivity contribution in [2.24, 2.45) is 0 Å². The molecular weight excluding hydrogens is 267 g/mol. The molecule has 19 heavy (non-hydrogen) atoms. The highest BCUT2D eigenvalue weighted by atomic mass is 35.5. The molecule has 0 aliphatic rings. The van der Waals surface area contributed by atoms with Gasteiger partial charge in [-0.15, -0.1) is 0 Å². The third kappa shape index (κ3) is 3.29. The Bertz CT molecular complexity index is 623. The lowest BCUT2D eigenvalue weighted by Gasteiger charge is -2.07. The molecule has 0 radical (unpaired) electrons. The van der Waals surface area contributed by atoms with Gasteiger partial charge in [-0.25, -0.2) is 9.37 Å². The van der Waals surface area contributed by atoms with Crippen LogP contribution >= 0.6 is 11.6 Å². The third-order valence-corrected chi connectivity index (χ3v) is 2.75. The van der Waals surface area contributed by atoms with Crippen LogP contribution in [0.1, 0.15) is 21.6 Å². The molecule has 0 saturated heterocycles. The highest BCUT2D eigenvalue weighted by molar-refractivity contribution is 6.29. The van der Waals surface area contributed by atoms with Crippen LogP contribution in [0.3, 0.4) is 0 Å². The summed E-state index contributed by atoms with van der Waals surface area (Å²) in [5.74, 6) is -0.889. The first-order chi connectivity index (χ1) is 8.95. The summed E-state index contributed by atoms with van der Waals surface area (Å²) in [5.41, 5.74) is 1.90. The normalized spacial score (nSPS) is 10.3. The Morgan fingerprint density at radius 1 is 1.26 bits per heavy atom. The van der Waals surface area contributed by atoms with Crippen molar-refractivity contribution in [3.8, 4) is 0 Å². The van der Waals surface area contributed by atoms with Crippen molar-refractivity contribution in [3.05, 3.63) is 58.1 Å². The van der Waals surface area contributed by atoms with Crippen molar-refractivity contribution in [3.63, 3.8) is 0 Å². The zero-order chi connectivity index (χ0) is 14.0. The second-order valence-corrected chi connectivity index (χ2v) is 4.64. The van der Waals surface area contributed by atoms with Gasteiger partial charge >= 0.3 is 0 Å². The van der Waals surface area contributed by atoms with E-state index in [-0.39, 0.29) is 10.8 Å². The van der Waals surface area contributed by atoms with Crippen LogP contribution in [0.2, 0.25) is 5.15 Å². The molecule has 0 atom stereocenters. The first-order valence-corrected chi connectivity index (χ1v) is 6.05. The largest absolute Gasteiger partial charge is 0.319 e.